The van der Waals surface area contributed by atoms with Crippen LogP contribution in [0.25, 0.3) is 4.96 Å². The van der Waals surface area contributed by atoms with E-state index in [1.165, 1.54) is 23.5 Å². The molecule has 1 N–H and O–H groups in total. The van der Waals surface area contributed by atoms with E-state index in [0.717, 1.165) is 22.0 Å². The van der Waals surface area contributed by atoms with Gasteiger partial charge in [0.05, 0.1) is 11.3 Å². The molecule has 154 valence electrons. The summed E-state index contributed by atoms with van der Waals surface area (Å²) in [6, 6.07) is 11.0. The van der Waals surface area contributed by atoms with Gasteiger partial charge in [-0.25, -0.2) is 4.98 Å². The molecule has 2 aromatic heterocycles. The Morgan fingerprint density at radius 3 is 2.53 bits per heavy atom. The maximum absolute atomic E-state index is 12.8. The lowest BCUT2D eigenvalue weighted by atomic mass is 10.2. The highest BCUT2D eigenvalue weighted by Crippen LogP contribution is 2.33. The van der Waals surface area contributed by atoms with Crippen LogP contribution in [0.5, 0.6) is 11.5 Å². The first-order chi connectivity index (χ1) is 14.2. The van der Waals surface area contributed by atoms with Crippen LogP contribution < -0.4 is 10.1 Å². The zero-order chi connectivity index (χ0) is 21.5. The summed E-state index contributed by atoms with van der Waals surface area (Å²) in [5, 5.41) is 2.81. The third kappa shape index (κ3) is 4.02. The smallest absolute Gasteiger partial charge is 0.416 e. The molecule has 0 radical (unpaired) electrons. The van der Waals surface area contributed by atoms with Gasteiger partial charge in [-0.05, 0) is 56.3 Å². The molecule has 2 aromatic carbocycles. The van der Waals surface area contributed by atoms with Crippen LogP contribution in [0.1, 0.15) is 26.6 Å². The van der Waals surface area contributed by atoms with Crippen LogP contribution in [0.2, 0.25) is 0 Å². The number of alkyl halides is 3. The number of amides is 1. The summed E-state index contributed by atoms with van der Waals surface area (Å²) in [5.41, 5.74) is 0.828. The number of nitrogens with one attached hydrogen (secondary N) is 1. The minimum absolute atomic E-state index is 0.0757. The average molecular weight is 431 g/mol. The van der Waals surface area contributed by atoms with E-state index in [1.54, 1.807) is 35.6 Å². The van der Waals surface area contributed by atoms with Crippen molar-refractivity contribution in [2.75, 3.05) is 5.32 Å². The summed E-state index contributed by atoms with van der Waals surface area (Å²) in [4.78, 5) is 18.9. The number of benzene rings is 2. The largest absolute Gasteiger partial charge is 0.457 e. The van der Waals surface area contributed by atoms with E-state index in [0.29, 0.717) is 22.8 Å². The first-order valence-electron chi connectivity index (χ1n) is 8.92. The maximum Gasteiger partial charge on any atom is 0.416 e. The number of carbonyl (C=O) groups excluding carboxylic acids is 1. The van der Waals surface area contributed by atoms with E-state index < -0.39 is 11.7 Å². The fourth-order valence-electron chi connectivity index (χ4n) is 3.01. The molecule has 1 amide bonds. The van der Waals surface area contributed by atoms with Crippen molar-refractivity contribution in [3.05, 3.63) is 76.6 Å². The molecule has 0 saturated carbocycles. The van der Waals surface area contributed by atoms with E-state index in [1.807, 2.05) is 13.1 Å². The molecule has 0 spiro atoms. The summed E-state index contributed by atoms with van der Waals surface area (Å²) in [5.74, 6) is 0.125. The molecule has 5 nitrogen and oxygen atoms in total. The van der Waals surface area contributed by atoms with Crippen LogP contribution in [0.15, 0.2) is 54.7 Å². The first-order valence-corrected chi connectivity index (χ1v) is 9.74. The number of imidazole rings is 1. The minimum atomic E-state index is -4.44. The predicted octanol–water partition coefficient (Wildman–Crippen LogP) is 6.08. The lowest BCUT2D eigenvalue weighted by molar-refractivity contribution is -0.137. The quantitative estimate of drug-likeness (QED) is 0.426. The van der Waals surface area contributed by atoms with E-state index in [4.69, 9.17) is 4.74 Å². The summed E-state index contributed by atoms with van der Waals surface area (Å²) in [7, 11) is 0. The Balaban J connectivity index is 1.49. The van der Waals surface area contributed by atoms with Gasteiger partial charge in [-0.1, -0.05) is 6.07 Å². The Labute approximate surface area is 173 Å². The molecule has 0 aliphatic heterocycles. The number of hydrogen-bond acceptors (Lipinski definition) is 4. The SMILES string of the molecule is Cc1cn2c(C(=O)Nc3ccc(Oc4cccc(C(F)(F)F)c4)cc3)c(C)nc2s1. The number of anilines is 1. The molecule has 0 bridgehead atoms. The Kier molecular flexibility index (Phi) is 4.98. The summed E-state index contributed by atoms with van der Waals surface area (Å²) < 4.78 is 45.7. The van der Waals surface area contributed by atoms with Crippen LogP contribution >= 0.6 is 11.3 Å². The van der Waals surface area contributed by atoms with Crippen molar-refractivity contribution in [3.63, 3.8) is 0 Å². The van der Waals surface area contributed by atoms with Crippen molar-refractivity contribution in [2.45, 2.75) is 20.0 Å². The number of fused-ring (bicyclic) bond motifs is 1. The second kappa shape index (κ2) is 7.49. The van der Waals surface area contributed by atoms with Gasteiger partial charge < -0.3 is 10.1 Å². The van der Waals surface area contributed by atoms with Crippen LogP contribution in [0.3, 0.4) is 0 Å². The van der Waals surface area contributed by atoms with E-state index in [-0.39, 0.29) is 11.7 Å². The molecular weight excluding hydrogens is 415 g/mol. The van der Waals surface area contributed by atoms with Crippen molar-refractivity contribution in [3.8, 4) is 11.5 Å². The van der Waals surface area contributed by atoms with Crippen LogP contribution in [0, 0.1) is 13.8 Å². The molecule has 0 unspecified atom stereocenters. The standard InChI is InChI=1S/C21H16F3N3O2S/c1-12-11-27-18(13(2)25-20(27)30-12)19(28)26-15-6-8-16(9-7-15)29-17-5-3-4-14(10-17)21(22,23)24/h3-11H,1-2H3,(H,26,28). The Bertz CT molecular complexity index is 1230. The number of aryl methyl sites for hydroxylation is 2. The highest BCUT2D eigenvalue weighted by molar-refractivity contribution is 7.17. The number of rotatable bonds is 4. The molecule has 0 aliphatic carbocycles. The molecular formula is C21H16F3N3O2S. The molecule has 4 aromatic rings. The highest BCUT2D eigenvalue weighted by Gasteiger charge is 2.30. The number of ether oxygens (including phenoxy) is 1. The lowest BCUT2D eigenvalue weighted by Crippen LogP contribution is -2.15. The minimum Gasteiger partial charge on any atom is -0.457 e. The second-order valence-electron chi connectivity index (χ2n) is 6.65. The van der Waals surface area contributed by atoms with Gasteiger partial charge >= 0.3 is 6.18 Å². The van der Waals surface area contributed by atoms with Crippen molar-refractivity contribution < 1.29 is 22.7 Å². The number of carbonyl (C=O) groups is 1. The lowest BCUT2D eigenvalue weighted by Gasteiger charge is -2.11. The van der Waals surface area contributed by atoms with Crippen LogP contribution in [0.4, 0.5) is 18.9 Å². The predicted molar refractivity (Wildman–Crippen MR) is 108 cm³/mol. The third-order valence-corrected chi connectivity index (χ3v) is 5.24. The monoisotopic (exact) mass is 431 g/mol. The number of hydrogen-bond donors (Lipinski definition) is 1. The van der Waals surface area contributed by atoms with Crippen molar-refractivity contribution in [1.82, 2.24) is 9.38 Å². The van der Waals surface area contributed by atoms with Gasteiger partial charge in [-0.2, -0.15) is 13.2 Å². The van der Waals surface area contributed by atoms with Crippen molar-refractivity contribution in [2.24, 2.45) is 0 Å². The molecule has 30 heavy (non-hydrogen) atoms. The topological polar surface area (TPSA) is 55.6 Å². The highest BCUT2D eigenvalue weighted by atomic mass is 32.1. The molecule has 0 aliphatic rings. The maximum atomic E-state index is 12.8. The van der Waals surface area contributed by atoms with E-state index >= 15 is 0 Å². The number of nitrogens with zero attached hydrogens (tertiary/aromatic N) is 2. The molecule has 4 rings (SSSR count). The molecule has 0 fully saturated rings. The Hall–Kier alpha value is -3.33. The second-order valence-corrected chi connectivity index (χ2v) is 7.86. The van der Waals surface area contributed by atoms with Crippen molar-refractivity contribution in [1.29, 1.82) is 0 Å². The Morgan fingerprint density at radius 1 is 1.10 bits per heavy atom. The fourth-order valence-corrected chi connectivity index (χ4v) is 3.88. The summed E-state index contributed by atoms with van der Waals surface area (Å²) in [6.07, 6.45) is -2.58. The van der Waals surface area contributed by atoms with E-state index in [2.05, 4.69) is 10.3 Å². The van der Waals surface area contributed by atoms with Gasteiger partial charge in [-0.3, -0.25) is 9.20 Å². The zero-order valence-corrected chi connectivity index (χ0v) is 16.8. The first kappa shape index (κ1) is 20.0. The average Bonchev–Trinajstić information content (AvgIpc) is 3.16. The normalized spacial score (nSPS) is 11.6. The molecule has 0 atom stereocenters. The third-order valence-electron chi connectivity index (χ3n) is 4.34. The van der Waals surface area contributed by atoms with Crippen molar-refractivity contribution >= 4 is 27.9 Å². The molecule has 0 saturated heterocycles. The van der Waals surface area contributed by atoms with Gasteiger partial charge in [0.15, 0.2) is 4.96 Å². The van der Waals surface area contributed by atoms with Gasteiger partial charge in [0.25, 0.3) is 5.91 Å². The summed E-state index contributed by atoms with van der Waals surface area (Å²) in [6.45, 7) is 3.72. The van der Waals surface area contributed by atoms with Gasteiger partial charge in [0.2, 0.25) is 0 Å². The number of halogens is 3. The van der Waals surface area contributed by atoms with Crippen LogP contribution in [-0.2, 0) is 6.18 Å². The number of thiazole rings is 1. The Morgan fingerprint density at radius 2 is 1.83 bits per heavy atom. The summed E-state index contributed by atoms with van der Waals surface area (Å²) >= 11 is 1.50. The fraction of sp³-hybridized carbons (Fsp3) is 0.143. The van der Waals surface area contributed by atoms with Gasteiger partial charge in [0.1, 0.15) is 17.2 Å². The van der Waals surface area contributed by atoms with Crippen LogP contribution in [-0.4, -0.2) is 15.3 Å². The number of aromatic nitrogens is 2. The molecule has 2 heterocycles. The van der Waals surface area contributed by atoms with Gasteiger partial charge in [0, 0.05) is 16.8 Å². The zero-order valence-electron chi connectivity index (χ0n) is 15.9. The van der Waals surface area contributed by atoms with E-state index in [9.17, 15) is 18.0 Å². The molecule has 9 heteroatoms. The van der Waals surface area contributed by atoms with Gasteiger partial charge in [-0.15, -0.1) is 11.3 Å².